The quantitative estimate of drug-likeness (QED) is 0.535. The Morgan fingerprint density at radius 1 is 0.867 bits per heavy atom. The van der Waals surface area contributed by atoms with Gasteiger partial charge in [0.25, 0.3) is 0 Å². The summed E-state index contributed by atoms with van der Waals surface area (Å²) < 4.78 is 8.33. The number of hydrogen-bond acceptors (Lipinski definition) is 5. The number of nitrogens with zero attached hydrogens (tertiary/aromatic N) is 3. The second kappa shape index (κ2) is 9.23. The van der Waals surface area contributed by atoms with Gasteiger partial charge in [-0.2, -0.15) is 0 Å². The molecule has 1 heterocycles. The maximum atomic E-state index is 12.6. The molecule has 0 unspecified atom stereocenters. The fraction of sp³-hybridized carbons (Fsp3) is 0.227. The van der Waals surface area contributed by atoms with Gasteiger partial charge >= 0.3 is 17.1 Å². The van der Waals surface area contributed by atoms with E-state index in [0.717, 1.165) is 24.5 Å². The van der Waals surface area contributed by atoms with Gasteiger partial charge < -0.3 is 9.84 Å². The van der Waals surface area contributed by atoms with E-state index in [-0.39, 0.29) is 26.2 Å². The average Bonchev–Trinajstić information content (AvgIpc) is 2.75. The number of ether oxygens (including phenoxy) is 1. The molecule has 0 fully saturated rings. The van der Waals surface area contributed by atoms with Crippen molar-refractivity contribution in [2.45, 2.75) is 25.7 Å². The molecule has 0 bridgehead atoms. The highest BCUT2D eigenvalue weighted by atomic mass is 16.5. The van der Waals surface area contributed by atoms with Crippen LogP contribution in [0, 0.1) is 0 Å². The van der Waals surface area contributed by atoms with Crippen molar-refractivity contribution in [2.75, 3.05) is 6.61 Å². The van der Waals surface area contributed by atoms with Crippen molar-refractivity contribution in [2.24, 2.45) is 0 Å². The van der Waals surface area contributed by atoms with Crippen molar-refractivity contribution in [3.63, 3.8) is 0 Å². The Morgan fingerprint density at radius 2 is 1.43 bits per heavy atom. The lowest BCUT2D eigenvalue weighted by Crippen LogP contribution is -2.55. The number of allylic oxidation sites excluding steroid dienone is 2. The van der Waals surface area contributed by atoms with Crippen LogP contribution in [0.2, 0.25) is 0 Å². The van der Waals surface area contributed by atoms with Crippen molar-refractivity contribution < 1.29 is 9.84 Å². The SMILES string of the molecule is C=CCn1c(=O)n(CC=C)c(=O)n(C[C@@H](O)COc2cccc3ccccc23)c1=O. The molecule has 0 saturated carbocycles. The fourth-order valence-corrected chi connectivity index (χ4v) is 3.18. The predicted octanol–water partition coefficient (Wildman–Crippen LogP) is 1.14. The van der Waals surface area contributed by atoms with Crippen LogP contribution >= 0.6 is 0 Å². The number of fused-ring (bicyclic) bond motifs is 1. The van der Waals surface area contributed by atoms with Gasteiger partial charge in [-0.1, -0.05) is 48.6 Å². The van der Waals surface area contributed by atoms with Gasteiger partial charge in [0.05, 0.1) is 19.6 Å². The molecule has 30 heavy (non-hydrogen) atoms. The van der Waals surface area contributed by atoms with Gasteiger partial charge in [0.15, 0.2) is 0 Å². The maximum absolute atomic E-state index is 12.6. The molecule has 0 aliphatic carbocycles. The summed E-state index contributed by atoms with van der Waals surface area (Å²) >= 11 is 0. The van der Waals surface area contributed by atoms with Crippen LogP contribution in [0.5, 0.6) is 5.75 Å². The number of rotatable bonds is 9. The molecule has 2 aromatic carbocycles. The first-order valence-corrected chi connectivity index (χ1v) is 9.42. The van der Waals surface area contributed by atoms with Gasteiger partial charge in [-0.3, -0.25) is 0 Å². The minimum atomic E-state index is -1.15. The summed E-state index contributed by atoms with van der Waals surface area (Å²) in [4.78, 5) is 37.7. The van der Waals surface area contributed by atoms with Crippen LogP contribution in [0.3, 0.4) is 0 Å². The fourth-order valence-electron chi connectivity index (χ4n) is 3.18. The number of benzene rings is 2. The third-order valence-electron chi connectivity index (χ3n) is 4.58. The Hall–Kier alpha value is -3.65. The predicted molar refractivity (Wildman–Crippen MR) is 115 cm³/mol. The van der Waals surface area contributed by atoms with Crippen LogP contribution in [0.1, 0.15) is 0 Å². The van der Waals surface area contributed by atoms with Gasteiger partial charge in [-0.15, -0.1) is 13.2 Å². The Kier molecular flexibility index (Phi) is 6.48. The highest BCUT2D eigenvalue weighted by molar-refractivity contribution is 5.88. The monoisotopic (exact) mass is 409 g/mol. The Labute approximate surface area is 172 Å². The second-order valence-electron chi connectivity index (χ2n) is 6.70. The zero-order valence-electron chi connectivity index (χ0n) is 16.4. The zero-order chi connectivity index (χ0) is 21.7. The molecular formula is C22H23N3O5. The van der Waals surface area contributed by atoms with E-state index in [1.165, 1.54) is 12.2 Å². The van der Waals surface area contributed by atoms with Crippen LogP contribution in [0.15, 0.2) is 82.2 Å². The Bertz CT molecular complexity index is 1200. The van der Waals surface area contributed by atoms with Gasteiger partial charge in [0.1, 0.15) is 18.5 Å². The van der Waals surface area contributed by atoms with E-state index in [0.29, 0.717) is 5.75 Å². The molecule has 1 atom stereocenters. The number of aliphatic hydroxyl groups excluding tert-OH is 1. The summed E-state index contributed by atoms with van der Waals surface area (Å²) in [6, 6.07) is 13.2. The third-order valence-corrected chi connectivity index (χ3v) is 4.58. The van der Waals surface area contributed by atoms with Crippen molar-refractivity contribution in [3.8, 4) is 5.75 Å². The first-order valence-electron chi connectivity index (χ1n) is 9.42. The summed E-state index contributed by atoms with van der Waals surface area (Å²) in [6.45, 7) is 6.48. The van der Waals surface area contributed by atoms with Crippen LogP contribution in [0.4, 0.5) is 0 Å². The zero-order valence-corrected chi connectivity index (χ0v) is 16.4. The van der Waals surface area contributed by atoms with Crippen LogP contribution < -0.4 is 21.8 Å². The number of aromatic nitrogens is 3. The summed E-state index contributed by atoms with van der Waals surface area (Å²) in [5.41, 5.74) is -2.37. The summed E-state index contributed by atoms with van der Waals surface area (Å²) in [5.74, 6) is 0.584. The van der Waals surface area contributed by atoms with E-state index in [4.69, 9.17) is 4.74 Å². The minimum absolute atomic E-state index is 0.0578. The standard InChI is InChI=1S/C22H23N3O5/c1-3-12-23-20(27)24(13-4-2)22(29)25(21(23)28)14-17(26)15-30-19-11-7-9-16-8-5-6-10-18(16)19/h3-11,17,26H,1-2,12-15H2/t17-/m1/s1. The number of hydrogen-bond donors (Lipinski definition) is 1. The summed E-state index contributed by atoms with van der Waals surface area (Å²) in [6.07, 6.45) is 1.62. The van der Waals surface area contributed by atoms with E-state index in [2.05, 4.69) is 13.2 Å². The van der Waals surface area contributed by atoms with Crippen LogP contribution in [0.25, 0.3) is 10.8 Å². The number of aliphatic hydroxyl groups is 1. The van der Waals surface area contributed by atoms with Crippen molar-refractivity contribution in [3.05, 3.63) is 99.2 Å². The smallest absolute Gasteiger partial charge is 0.336 e. The molecule has 1 N–H and O–H groups in total. The molecule has 0 aliphatic heterocycles. The lowest BCUT2D eigenvalue weighted by atomic mass is 10.1. The molecule has 0 saturated heterocycles. The van der Waals surface area contributed by atoms with E-state index in [9.17, 15) is 19.5 Å². The summed E-state index contributed by atoms with van der Waals surface area (Å²) in [5, 5.41) is 12.3. The van der Waals surface area contributed by atoms with Gasteiger partial charge in [0.2, 0.25) is 0 Å². The molecule has 0 amide bonds. The molecule has 156 valence electrons. The van der Waals surface area contributed by atoms with Crippen LogP contribution in [-0.2, 0) is 19.6 Å². The second-order valence-corrected chi connectivity index (χ2v) is 6.70. The van der Waals surface area contributed by atoms with Crippen molar-refractivity contribution in [1.82, 2.24) is 13.7 Å². The molecule has 8 nitrogen and oxygen atoms in total. The largest absolute Gasteiger partial charge is 0.490 e. The topological polar surface area (TPSA) is 95.5 Å². The first-order chi connectivity index (χ1) is 14.5. The van der Waals surface area contributed by atoms with E-state index < -0.39 is 23.2 Å². The van der Waals surface area contributed by atoms with Crippen LogP contribution in [-0.4, -0.2) is 31.5 Å². The van der Waals surface area contributed by atoms with E-state index in [1.54, 1.807) is 6.07 Å². The normalized spacial score (nSPS) is 11.9. The first kappa shape index (κ1) is 21.1. The lowest BCUT2D eigenvalue weighted by molar-refractivity contribution is 0.0895. The lowest BCUT2D eigenvalue weighted by Gasteiger charge is -2.16. The van der Waals surface area contributed by atoms with Gasteiger partial charge in [-0.05, 0) is 11.5 Å². The molecule has 0 spiro atoms. The molecule has 0 aliphatic rings. The van der Waals surface area contributed by atoms with E-state index in [1.807, 2.05) is 36.4 Å². The summed E-state index contributed by atoms with van der Waals surface area (Å²) in [7, 11) is 0. The Balaban J connectivity index is 1.87. The molecule has 3 rings (SSSR count). The molecule has 1 aromatic heterocycles. The molecule has 0 radical (unpaired) electrons. The maximum Gasteiger partial charge on any atom is 0.336 e. The molecular weight excluding hydrogens is 386 g/mol. The minimum Gasteiger partial charge on any atom is -0.490 e. The average molecular weight is 409 g/mol. The third kappa shape index (κ3) is 4.18. The highest BCUT2D eigenvalue weighted by Gasteiger charge is 2.17. The van der Waals surface area contributed by atoms with Gasteiger partial charge in [0, 0.05) is 5.39 Å². The van der Waals surface area contributed by atoms with Crippen molar-refractivity contribution in [1.29, 1.82) is 0 Å². The highest BCUT2D eigenvalue weighted by Crippen LogP contribution is 2.25. The Morgan fingerprint density at radius 3 is 2.07 bits per heavy atom. The van der Waals surface area contributed by atoms with Gasteiger partial charge in [-0.25, -0.2) is 28.1 Å². The molecule has 8 heteroatoms. The molecule has 3 aromatic rings. The van der Waals surface area contributed by atoms with E-state index >= 15 is 0 Å². The van der Waals surface area contributed by atoms with Crippen molar-refractivity contribution >= 4 is 10.8 Å².